The number of benzene rings is 1. The molecule has 2 saturated heterocycles. The Morgan fingerprint density at radius 1 is 1.15 bits per heavy atom. The Morgan fingerprint density at radius 3 is 2.70 bits per heavy atom. The highest BCUT2D eigenvalue weighted by Crippen LogP contribution is 2.40. The average molecular weight is 364 g/mol. The summed E-state index contributed by atoms with van der Waals surface area (Å²) < 4.78 is 0. The molecule has 3 heterocycles. The van der Waals surface area contributed by atoms with E-state index in [0.717, 1.165) is 31.4 Å². The quantitative estimate of drug-likeness (QED) is 0.821. The number of carbonyl (C=O) groups is 2. The van der Waals surface area contributed by atoms with E-state index in [0.29, 0.717) is 30.2 Å². The molecule has 1 spiro atoms. The van der Waals surface area contributed by atoms with Gasteiger partial charge in [-0.15, -0.1) is 0 Å². The van der Waals surface area contributed by atoms with Crippen LogP contribution in [0, 0.1) is 12.3 Å². The topological polar surface area (TPSA) is 66.4 Å². The number of likely N-dealkylation sites (tertiary alicyclic amines) is 2. The third-order valence-corrected chi connectivity index (χ3v) is 5.78. The Hall–Kier alpha value is -2.76. The molecule has 0 radical (unpaired) electrons. The van der Waals surface area contributed by atoms with Gasteiger partial charge < -0.3 is 9.80 Å². The van der Waals surface area contributed by atoms with Crippen LogP contribution >= 0.6 is 0 Å². The van der Waals surface area contributed by atoms with Crippen LogP contribution in [0.5, 0.6) is 0 Å². The molecular weight excluding hydrogens is 340 g/mol. The van der Waals surface area contributed by atoms with E-state index in [4.69, 9.17) is 0 Å². The van der Waals surface area contributed by atoms with Crippen molar-refractivity contribution in [3.63, 3.8) is 0 Å². The zero-order valence-corrected chi connectivity index (χ0v) is 15.8. The molecule has 2 amide bonds. The van der Waals surface area contributed by atoms with Gasteiger partial charge in [-0.3, -0.25) is 9.59 Å². The van der Waals surface area contributed by atoms with Crippen LogP contribution in [0.2, 0.25) is 0 Å². The normalized spacial score (nSPS) is 22.5. The average Bonchev–Trinajstić information content (AvgIpc) is 3.11. The van der Waals surface area contributed by atoms with Gasteiger partial charge in [0.15, 0.2) is 0 Å². The fraction of sp³-hybridized carbons (Fsp3) is 0.429. The standard InChI is InChI=1S/C21H24N4O2/c1-15-22-13-17(18(23-15)16-7-4-3-5-8-16)19(26)25-12-10-21(14-25)9-6-11-24(2)20(21)27/h3-5,7-8,13H,6,9-12,14H2,1-2H3. The number of aromatic nitrogens is 2. The van der Waals surface area contributed by atoms with Gasteiger partial charge in [-0.25, -0.2) is 9.97 Å². The summed E-state index contributed by atoms with van der Waals surface area (Å²) in [6.45, 7) is 3.71. The molecule has 27 heavy (non-hydrogen) atoms. The minimum atomic E-state index is -0.416. The number of rotatable bonds is 2. The van der Waals surface area contributed by atoms with Crippen LogP contribution in [0.25, 0.3) is 11.3 Å². The number of amides is 2. The van der Waals surface area contributed by atoms with Crippen LogP contribution in [0.15, 0.2) is 36.5 Å². The predicted octanol–water partition coefficient (Wildman–Crippen LogP) is 2.54. The smallest absolute Gasteiger partial charge is 0.257 e. The van der Waals surface area contributed by atoms with E-state index in [1.807, 2.05) is 49.2 Å². The van der Waals surface area contributed by atoms with Gasteiger partial charge in [0.25, 0.3) is 5.91 Å². The minimum absolute atomic E-state index is 0.0910. The highest BCUT2D eigenvalue weighted by molar-refractivity contribution is 6.00. The van der Waals surface area contributed by atoms with Gasteiger partial charge in [-0.2, -0.15) is 0 Å². The number of hydrogen-bond acceptors (Lipinski definition) is 4. The van der Waals surface area contributed by atoms with Gasteiger partial charge in [0.2, 0.25) is 5.91 Å². The van der Waals surface area contributed by atoms with Crippen molar-refractivity contribution in [2.75, 3.05) is 26.7 Å². The number of nitrogens with zero attached hydrogens (tertiary/aromatic N) is 4. The van der Waals surface area contributed by atoms with Gasteiger partial charge >= 0.3 is 0 Å². The second kappa shape index (κ2) is 6.76. The molecule has 1 aromatic heterocycles. The third kappa shape index (κ3) is 3.09. The van der Waals surface area contributed by atoms with Crippen LogP contribution < -0.4 is 0 Å². The maximum atomic E-state index is 13.3. The molecule has 140 valence electrons. The molecule has 2 aliphatic rings. The summed E-state index contributed by atoms with van der Waals surface area (Å²) >= 11 is 0. The zero-order chi connectivity index (χ0) is 19.0. The highest BCUT2D eigenvalue weighted by atomic mass is 16.2. The summed E-state index contributed by atoms with van der Waals surface area (Å²) in [5, 5.41) is 0. The first-order valence-corrected chi connectivity index (χ1v) is 9.44. The molecule has 4 rings (SSSR count). The Kier molecular flexibility index (Phi) is 4.42. The van der Waals surface area contributed by atoms with E-state index in [2.05, 4.69) is 9.97 Å². The molecule has 2 aromatic rings. The van der Waals surface area contributed by atoms with Crippen molar-refractivity contribution in [2.45, 2.75) is 26.2 Å². The van der Waals surface area contributed by atoms with Crippen molar-refractivity contribution in [2.24, 2.45) is 5.41 Å². The fourth-order valence-corrected chi connectivity index (χ4v) is 4.31. The van der Waals surface area contributed by atoms with Crippen LogP contribution in [0.4, 0.5) is 0 Å². The summed E-state index contributed by atoms with van der Waals surface area (Å²) in [6.07, 6.45) is 4.20. The summed E-state index contributed by atoms with van der Waals surface area (Å²) in [4.78, 5) is 38.4. The molecule has 6 heteroatoms. The van der Waals surface area contributed by atoms with E-state index in [1.54, 1.807) is 11.1 Å². The van der Waals surface area contributed by atoms with Crippen LogP contribution in [0.3, 0.4) is 0 Å². The van der Waals surface area contributed by atoms with E-state index < -0.39 is 5.41 Å². The first-order valence-electron chi connectivity index (χ1n) is 9.44. The number of carbonyl (C=O) groups excluding carboxylic acids is 2. The maximum Gasteiger partial charge on any atom is 0.257 e. The van der Waals surface area contributed by atoms with Crippen LogP contribution in [0.1, 0.15) is 35.4 Å². The van der Waals surface area contributed by atoms with Crippen molar-refractivity contribution >= 4 is 11.8 Å². The van der Waals surface area contributed by atoms with Crippen LogP contribution in [-0.4, -0.2) is 58.3 Å². The molecule has 0 aliphatic carbocycles. The van der Waals surface area contributed by atoms with Crippen molar-refractivity contribution in [3.05, 3.63) is 47.9 Å². The van der Waals surface area contributed by atoms with Crippen molar-refractivity contribution in [1.82, 2.24) is 19.8 Å². The molecule has 0 bridgehead atoms. The molecule has 2 fully saturated rings. The fourth-order valence-electron chi connectivity index (χ4n) is 4.31. The molecule has 1 aromatic carbocycles. The Morgan fingerprint density at radius 2 is 1.93 bits per heavy atom. The number of piperidine rings is 1. The number of hydrogen-bond donors (Lipinski definition) is 0. The predicted molar refractivity (Wildman–Crippen MR) is 102 cm³/mol. The largest absolute Gasteiger partial charge is 0.345 e. The van der Waals surface area contributed by atoms with Gasteiger partial charge in [-0.05, 0) is 26.2 Å². The lowest BCUT2D eigenvalue weighted by molar-refractivity contribution is -0.143. The van der Waals surface area contributed by atoms with E-state index in [1.165, 1.54) is 0 Å². The van der Waals surface area contributed by atoms with Crippen molar-refractivity contribution in [1.29, 1.82) is 0 Å². The summed E-state index contributed by atoms with van der Waals surface area (Å²) in [6, 6.07) is 9.70. The van der Waals surface area contributed by atoms with Gasteiger partial charge in [0.05, 0.1) is 16.7 Å². The van der Waals surface area contributed by atoms with E-state index in [-0.39, 0.29) is 11.8 Å². The molecular formula is C21H24N4O2. The third-order valence-electron chi connectivity index (χ3n) is 5.78. The minimum Gasteiger partial charge on any atom is -0.345 e. The highest BCUT2D eigenvalue weighted by Gasteiger charge is 2.48. The van der Waals surface area contributed by atoms with Crippen LogP contribution in [-0.2, 0) is 4.79 Å². The molecule has 0 N–H and O–H groups in total. The first kappa shape index (κ1) is 17.6. The summed E-state index contributed by atoms with van der Waals surface area (Å²) in [7, 11) is 1.86. The first-order chi connectivity index (χ1) is 13.0. The molecule has 1 atom stereocenters. The molecule has 6 nitrogen and oxygen atoms in total. The molecule has 2 aliphatic heterocycles. The second-order valence-electron chi connectivity index (χ2n) is 7.63. The Balaban J connectivity index is 1.64. The van der Waals surface area contributed by atoms with E-state index >= 15 is 0 Å². The zero-order valence-electron chi connectivity index (χ0n) is 15.8. The summed E-state index contributed by atoms with van der Waals surface area (Å²) in [5.41, 5.74) is 1.64. The monoisotopic (exact) mass is 364 g/mol. The Labute approximate surface area is 159 Å². The maximum absolute atomic E-state index is 13.3. The lowest BCUT2D eigenvalue weighted by Crippen LogP contribution is -2.48. The van der Waals surface area contributed by atoms with Crippen molar-refractivity contribution in [3.8, 4) is 11.3 Å². The summed E-state index contributed by atoms with van der Waals surface area (Å²) in [5.74, 6) is 0.714. The lowest BCUT2D eigenvalue weighted by Gasteiger charge is -2.37. The second-order valence-corrected chi connectivity index (χ2v) is 7.63. The van der Waals surface area contributed by atoms with Gasteiger partial charge in [0, 0.05) is 38.4 Å². The SMILES string of the molecule is Cc1ncc(C(=O)N2CCC3(CCCN(C)C3=O)C2)c(-c2ccccc2)n1. The molecule has 0 saturated carbocycles. The van der Waals surface area contributed by atoms with Gasteiger partial charge in [-0.1, -0.05) is 30.3 Å². The van der Waals surface area contributed by atoms with E-state index in [9.17, 15) is 9.59 Å². The lowest BCUT2D eigenvalue weighted by atomic mass is 9.78. The van der Waals surface area contributed by atoms with Gasteiger partial charge in [0.1, 0.15) is 5.82 Å². The Bertz CT molecular complexity index is 883. The number of aryl methyl sites for hydroxylation is 1. The van der Waals surface area contributed by atoms with Crippen molar-refractivity contribution < 1.29 is 9.59 Å². The molecule has 1 unspecified atom stereocenters.